The fourth-order valence-corrected chi connectivity index (χ4v) is 1.85. The molecule has 0 heterocycles. The van der Waals surface area contributed by atoms with E-state index in [0.717, 1.165) is 5.71 Å². The van der Waals surface area contributed by atoms with Gasteiger partial charge in [-0.3, -0.25) is 9.05 Å². The van der Waals surface area contributed by atoms with Crippen molar-refractivity contribution in [2.45, 2.75) is 34.6 Å². The first-order valence-electron chi connectivity index (χ1n) is 5.15. The maximum atomic E-state index is 11.9. The first kappa shape index (κ1) is 14.6. The predicted octanol–water partition coefficient (Wildman–Crippen LogP) is 2.79. The highest BCUT2D eigenvalue weighted by Gasteiger charge is 2.22. The number of hydrazone groups is 1. The molecule has 6 heteroatoms. The molecule has 0 saturated carbocycles. The second kappa shape index (κ2) is 6.99. The topological polar surface area (TPSA) is 59.9 Å². The van der Waals surface area contributed by atoms with Gasteiger partial charge in [-0.25, -0.2) is 9.76 Å². The minimum absolute atomic E-state index is 0.300. The predicted molar refractivity (Wildman–Crippen MR) is 61.9 cm³/mol. The molecule has 0 amide bonds. The van der Waals surface area contributed by atoms with Crippen molar-refractivity contribution >= 4 is 13.5 Å². The highest BCUT2D eigenvalue weighted by molar-refractivity contribution is 7.51. The van der Waals surface area contributed by atoms with E-state index in [1.165, 1.54) is 0 Å². The van der Waals surface area contributed by atoms with Crippen molar-refractivity contribution in [2.75, 3.05) is 13.2 Å². The Balaban J connectivity index is 4.42. The summed E-state index contributed by atoms with van der Waals surface area (Å²) in [5, 5.41) is 6.46. The number of rotatable bonds is 7. The lowest BCUT2D eigenvalue weighted by Gasteiger charge is -2.16. The van der Waals surface area contributed by atoms with Crippen LogP contribution in [0.4, 0.5) is 0 Å². The molecule has 0 radical (unpaired) electrons. The van der Waals surface area contributed by atoms with Crippen molar-refractivity contribution in [1.29, 1.82) is 0 Å². The van der Waals surface area contributed by atoms with Crippen LogP contribution >= 0.6 is 7.75 Å². The zero-order valence-corrected chi connectivity index (χ0v) is 11.0. The quantitative estimate of drug-likeness (QED) is 0.419. The van der Waals surface area contributed by atoms with Crippen LogP contribution in [0.25, 0.3) is 0 Å². The molecule has 0 fully saturated rings. The molecule has 5 nitrogen and oxygen atoms in total. The molecule has 0 atom stereocenters. The highest BCUT2D eigenvalue weighted by atomic mass is 31.2. The van der Waals surface area contributed by atoms with E-state index in [1.807, 2.05) is 20.8 Å². The van der Waals surface area contributed by atoms with Crippen molar-refractivity contribution in [2.24, 2.45) is 11.0 Å². The minimum Gasteiger partial charge on any atom is -0.292 e. The van der Waals surface area contributed by atoms with E-state index in [1.54, 1.807) is 13.8 Å². The minimum atomic E-state index is -3.25. The third kappa shape index (κ3) is 5.92. The second-order valence-electron chi connectivity index (χ2n) is 3.34. The van der Waals surface area contributed by atoms with Crippen molar-refractivity contribution < 1.29 is 13.6 Å². The average Bonchev–Trinajstić information content (AvgIpc) is 2.15. The van der Waals surface area contributed by atoms with Crippen LogP contribution in [-0.2, 0) is 13.6 Å². The summed E-state index contributed by atoms with van der Waals surface area (Å²) in [6, 6.07) is 0. The Kier molecular flexibility index (Phi) is 6.81. The molecule has 0 aliphatic carbocycles. The zero-order chi connectivity index (χ0) is 11.9. The summed E-state index contributed by atoms with van der Waals surface area (Å²) in [5.74, 6) is 0.300. The van der Waals surface area contributed by atoms with Gasteiger partial charge < -0.3 is 0 Å². The smallest absolute Gasteiger partial charge is 0.292 e. The number of nitrogens with zero attached hydrogens (tertiary/aromatic N) is 1. The van der Waals surface area contributed by atoms with Gasteiger partial charge in [0.15, 0.2) is 0 Å². The summed E-state index contributed by atoms with van der Waals surface area (Å²) >= 11 is 0. The molecular formula is C9H21N2O3P. The van der Waals surface area contributed by atoms with E-state index in [-0.39, 0.29) is 0 Å². The Morgan fingerprint density at radius 1 is 1.33 bits per heavy atom. The third-order valence-electron chi connectivity index (χ3n) is 1.78. The van der Waals surface area contributed by atoms with Gasteiger partial charge in [0.2, 0.25) is 0 Å². The standard InChI is InChI=1S/C9H21N2O3P/c1-6-13-15(12,14-7-2)11-10-9(5)8(3)4/h8H,6-7H2,1-5H3,(H,11,12)/b10-9+. The lowest BCUT2D eigenvalue weighted by molar-refractivity contribution is 0.211. The van der Waals surface area contributed by atoms with E-state index in [4.69, 9.17) is 9.05 Å². The molecule has 15 heavy (non-hydrogen) atoms. The zero-order valence-electron chi connectivity index (χ0n) is 10.1. The van der Waals surface area contributed by atoms with E-state index in [2.05, 4.69) is 10.3 Å². The first-order chi connectivity index (χ1) is 6.95. The van der Waals surface area contributed by atoms with E-state index in [9.17, 15) is 4.57 Å². The van der Waals surface area contributed by atoms with Crippen LogP contribution in [0.1, 0.15) is 34.6 Å². The summed E-state index contributed by atoms with van der Waals surface area (Å²) in [5.41, 5.74) is 0.856. The average molecular weight is 236 g/mol. The van der Waals surface area contributed by atoms with Crippen LogP contribution in [0.5, 0.6) is 0 Å². The molecule has 0 bridgehead atoms. The number of hydrogen-bond donors (Lipinski definition) is 1. The normalized spacial score (nSPS) is 13.3. The van der Waals surface area contributed by atoms with E-state index < -0.39 is 7.75 Å². The van der Waals surface area contributed by atoms with Crippen LogP contribution in [0.3, 0.4) is 0 Å². The fraction of sp³-hybridized carbons (Fsp3) is 0.889. The van der Waals surface area contributed by atoms with Crippen molar-refractivity contribution in [1.82, 2.24) is 5.20 Å². The lowest BCUT2D eigenvalue weighted by Crippen LogP contribution is -2.13. The molecule has 0 aromatic carbocycles. The Morgan fingerprint density at radius 2 is 1.80 bits per heavy atom. The summed E-state index contributed by atoms with van der Waals surface area (Å²) in [6.45, 7) is 10.0. The molecule has 0 aromatic heterocycles. The molecule has 0 aliphatic heterocycles. The molecule has 0 aromatic rings. The van der Waals surface area contributed by atoms with Crippen molar-refractivity contribution in [3.8, 4) is 0 Å². The second-order valence-corrected chi connectivity index (χ2v) is 5.05. The molecule has 0 spiro atoms. The van der Waals surface area contributed by atoms with Gasteiger partial charge in [-0.15, -0.1) is 0 Å². The van der Waals surface area contributed by atoms with Gasteiger partial charge in [-0.1, -0.05) is 13.8 Å². The molecular weight excluding hydrogens is 215 g/mol. The molecule has 1 N–H and O–H groups in total. The Labute approximate surface area is 91.8 Å². The maximum absolute atomic E-state index is 11.9. The summed E-state index contributed by atoms with van der Waals surface area (Å²) in [4.78, 5) is 0. The monoisotopic (exact) mass is 236 g/mol. The largest absolute Gasteiger partial charge is 0.448 e. The van der Waals surface area contributed by atoms with Crippen LogP contribution in [0, 0.1) is 5.92 Å². The van der Waals surface area contributed by atoms with Gasteiger partial charge >= 0.3 is 7.75 Å². The van der Waals surface area contributed by atoms with Gasteiger partial charge in [0.25, 0.3) is 0 Å². The lowest BCUT2D eigenvalue weighted by atomic mass is 10.1. The Morgan fingerprint density at radius 3 is 2.13 bits per heavy atom. The molecule has 0 unspecified atom stereocenters. The highest BCUT2D eigenvalue weighted by Crippen LogP contribution is 2.43. The number of hydrogen-bond acceptors (Lipinski definition) is 4. The van der Waals surface area contributed by atoms with Gasteiger partial charge in [-0.2, -0.15) is 5.10 Å². The summed E-state index contributed by atoms with van der Waals surface area (Å²) < 4.78 is 21.9. The Bertz CT molecular complexity index is 244. The van der Waals surface area contributed by atoms with Gasteiger partial charge in [0, 0.05) is 5.71 Å². The molecule has 0 saturated heterocycles. The van der Waals surface area contributed by atoms with E-state index >= 15 is 0 Å². The summed E-state index contributed by atoms with van der Waals surface area (Å²) in [6.07, 6.45) is 0. The summed E-state index contributed by atoms with van der Waals surface area (Å²) in [7, 11) is -3.25. The van der Waals surface area contributed by atoms with Crippen LogP contribution < -0.4 is 5.20 Å². The number of nitrogens with one attached hydrogen (secondary N) is 1. The fourth-order valence-electron chi connectivity index (χ4n) is 0.704. The third-order valence-corrected chi connectivity index (χ3v) is 3.32. The SMILES string of the molecule is CCOP(=O)(N/N=C(\C)C(C)C)OCC. The molecule has 0 rings (SSSR count). The van der Waals surface area contributed by atoms with Gasteiger partial charge in [0.05, 0.1) is 13.2 Å². The van der Waals surface area contributed by atoms with Crippen molar-refractivity contribution in [3.05, 3.63) is 0 Å². The van der Waals surface area contributed by atoms with Crippen LogP contribution in [0.15, 0.2) is 5.10 Å². The van der Waals surface area contributed by atoms with Crippen molar-refractivity contribution in [3.63, 3.8) is 0 Å². The molecule has 0 aliphatic rings. The maximum Gasteiger partial charge on any atom is 0.448 e. The van der Waals surface area contributed by atoms with Crippen LogP contribution in [-0.4, -0.2) is 18.9 Å². The Hall–Kier alpha value is -0.380. The molecule has 90 valence electrons. The van der Waals surface area contributed by atoms with Crippen LogP contribution in [0.2, 0.25) is 0 Å². The first-order valence-corrected chi connectivity index (χ1v) is 6.70. The van der Waals surface area contributed by atoms with Gasteiger partial charge in [0.1, 0.15) is 0 Å². The van der Waals surface area contributed by atoms with Gasteiger partial charge in [-0.05, 0) is 26.7 Å². The van der Waals surface area contributed by atoms with E-state index in [0.29, 0.717) is 19.1 Å².